The molecule has 3 aromatic carbocycles. The Hall–Kier alpha value is -3.41. The fourth-order valence-electron chi connectivity index (χ4n) is 2.98. The Kier molecular flexibility index (Phi) is 5.65. The van der Waals surface area contributed by atoms with E-state index in [0.29, 0.717) is 37.8 Å². The van der Waals surface area contributed by atoms with Gasteiger partial charge in [0.25, 0.3) is 5.91 Å². The van der Waals surface area contributed by atoms with E-state index in [-0.39, 0.29) is 11.7 Å². The highest BCUT2D eigenvalue weighted by Crippen LogP contribution is 2.31. The first kappa shape index (κ1) is 19.9. The van der Waals surface area contributed by atoms with Crippen LogP contribution in [0.25, 0.3) is 22.2 Å². The normalized spacial score (nSPS) is 11.1. The fourth-order valence-corrected chi connectivity index (χ4v) is 3.49. The number of carbonyl (C=O) groups is 1. The van der Waals surface area contributed by atoms with Crippen LogP contribution in [0.5, 0.6) is 5.75 Å². The van der Waals surface area contributed by atoms with E-state index in [9.17, 15) is 9.90 Å². The van der Waals surface area contributed by atoms with Crippen LogP contribution in [0.15, 0.2) is 77.9 Å². The van der Waals surface area contributed by atoms with Gasteiger partial charge in [0.2, 0.25) is 0 Å². The van der Waals surface area contributed by atoms with Crippen LogP contribution in [-0.2, 0) is 0 Å². The summed E-state index contributed by atoms with van der Waals surface area (Å²) >= 11 is 12.3. The summed E-state index contributed by atoms with van der Waals surface area (Å²) in [4.78, 5) is 17.5. The Morgan fingerprint density at radius 1 is 1.00 bits per heavy atom. The fraction of sp³-hybridized carbons (Fsp3) is 0. The molecule has 4 rings (SSSR count). The molecule has 0 saturated heterocycles. The van der Waals surface area contributed by atoms with Crippen LogP contribution in [0, 0.1) is 0 Å². The molecule has 0 aliphatic carbocycles. The van der Waals surface area contributed by atoms with E-state index in [4.69, 9.17) is 23.2 Å². The number of hydrogen-bond acceptors (Lipinski definition) is 4. The summed E-state index contributed by atoms with van der Waals surface area (Å²) in [6.07, 6.45) is 1.50. The minimum Gasteiger partial charge on any atom is -0.508 e. The lowest BCUT2D eigenvalue weighted by molar-refractivity contribution is 0.0956. The molecule has 1 amide bonds. The predicted octanol–water partition coefficient (Wildman–Crippen LogP) is 5.68. The van der Waals surface area contributed by atoms with Gasteiger partial charge in [-0.15, -0.1) is 0 Å². The first-order valence-corrected chi connectivity index (χ1v) is 9.74. The van der Waals surface area contributed by atoms with Crippen molar-refractivity contribution in [3.05, 3.63) is 94.0 Å². The van der Waals surface area contributed by atoms with Crippen LogP contribution in [-0.4, -0.2) is 22.2 Å². The molecule has 0 aliphatic rings. The van der Waals surface area contributed by atoms with Crippen molar-refractivity contribution in [2.24, 2.45) is 5.10 Å². The van der Waals surface area contributed by atoms with Gasteiger partial charge in [0.1, 0.15) is 5.75 Å². The second-order valence-electron chi connectivity index (χ2n) is 6.49. The summed E-state index contributed by atoms with van der Waals surface area (Å²) in [5.74, 6) is -0.220. The molecule has 0 atom stereocenters. The van der Waals surface area contributed by atoms with Crippen molar-refractivity contribution < 1.29 is 9.90 Å². The maximum atomic E-state index is 12.9. The van der Waals surface area contributed by atoms with Gasteiger partial charge in [0.05, 0.1) is 28.0 Å². The molecule has 0 fully saturated rings. The van der Waals surface area contributed by atoms with Gasteiger partial charge in [-0.05, 0) is 60.2 Å². The Balaban J connectivity index is 1.70. The van der Waals surface area contributed by atoms with Gasteiger partial charge >= 0.3 is 0 Å². The minimum absolute atomic E-state index is 0.160. The number of hydrazone groups is 1. The molecule has 148 valence electrons. The minimum atomic E-state index is -0.380. The lowest BCUT2D eigenvalue weighted by atomic mass is 10.0. The number of hydrogen-bond donors (Lipinski definition) is 2. The van der Waals surface area contributed by atoms with Gasteiger partial charge < -0.3 is 5.11 Å². The number of carbonyl (C=O) groups excluding carboxylic acids is 1. The average Bonchev–Trinajstić information content (AvgIpc) is 2.74. The van der Waals surface area contributed by atoms with Crippen molar-refractivity contribution in [3.8, 4) is 17.0 Å². The molecule has 2 N–H and O–H groups in total. The quantitative estimate of drug-likeness (QED) is 0.319. The molecule has 0 spiro atoms. The molecule has 0 saturated carbocycles. The third-order valence-electron chi connectivity index (χ3n) is 4.44. The number of phenolic OH excluding ortho intramolecular Hbond substituents is 1. The van der Waals surface area contributed by atoms with Crippen molar-refractivity contribution in [3.63, 3.8) is 0 Å². The van der Waals surface area contributed by atoms with Crippen molar-refractivity contribution >= 4 is 46.2 Å². The smallest absolute Gasteiger partial charge is 0.272 e. The van der Waals surface area contributed by atoms with E-state index in [1.165, 1.54) is 6.21 Å². The van der Waals surface area contributed by atoms with E-state index < -0.39 is 0 Å². The van der Waals surface area contributed by atoms with Gasteiger partial charge in [-0.25, -0.2) is 10.4 Å². The maximum absolute atomic E-state index is 12.9. The number of amides is 1. The van der Waals surface area contributed by atoms with E-state index in [1.54, 1.807) is 48.5 Å². The SMILES string of the molecule is O=C(NN=Cc1ccc(O)cc1)c1cc(-c2ccc(Cl)cc2Cl)nc2ccccc12. The predicted molar refractivity (Wildman–Crippen MR) is 120 cm³/mol. The van der Waals surface area contributed by atoms with Gasteiger partial charge in [0.15, 0.2) is 0 Å². The molecule has 1 heterocycles. The summed E-state index contributed by atoms with van der Waals surface area (Å²) < 4.78 is 0. The summed E-state index contributed by atoms with van der Waals surface area (Å²) in [5.41, 5.74) is 5.59. The molecule has 4 aromatic rings. The van der Waals surface area contributed by atoms with Gasteiger partial charge in [-0.2, -0.15) is 5.10 Å². The van der Waals surface area contributed by atoms with E-state index >= 15 is 0 Å². The lowest BCUT2D eigenvalue weighted by Crippen LogP contribution is -2.18. The molecule has 0 radical (unpaired) electrons. The zero-order valence-electron chi connectivity index (χ0n) is 15.5. The second kappa shape index (κ2) is 8.53. The number of rotatable bonds is 4. The molecule has 0 aliphatic heterocycles. The van der Waals surface area contributed by atoms with Gasteiger partial charge in [-0.1, -0.05) is 41.4 Å². The molecular weight excluding hydrogens is 421 g/mol. The highest BCUT2D eigenvalue weighted by Gasteiger charge is 2.15. The molecule has 0 bridgehead atoms. The number of aromatic nitrogens is 1. The number of para-hydroxylation sites is 1. The van der Waals surface area contributed by atoms with Crippen molar-refractivity contribution in [1.82, 2.24) is 10.4 Å². The molecular formula is C23H15Cl2N3O2. The number of aromatic hydroxyl groups is 1. The number of nitrogens with one attached hydrogen (secondary N) is 1. The average molecular weight is 436 g/mol. The topological polar surface area (TPSA) is 74.6 Å². The van der Waals surface area contributed by atoms with Crippen LogP contribution in [0.3, 0.4) is 0 Å². The molecule has 0 unspecified atom stereocenters. The van der Waals surface area contributed by atoms with Crippen LogP contribution in [0.4, 0.5) is 0 Å². The monoisotopic (exact) mass is 435 g/mol. The first-order valence-electron chi connectivity index (χ1n) is 8.99. The Bertz CT molecular complexity index is 1270. The molecule has 7 heteroatoms. The number of pyridine rings is 1. The van der Waals surface area contributed by atoms with Crippen molar-refractivity contribution in [1.29, 1.82) is 0 Å². The highest BCUT2D eigenvalue weighted by molar-refractivity contribution is 6.36. The van der Waals surface area contributed by atoms with Crippen LogP contribution >= 0.6 is 23.2 Å². The summed E-state index contributed by atoms with van der Waals surface area (Å²) in [5, 5.41) is 15.0. The Labute approximate surface area is 182 Å². The summed E-state index contributed by atoms with van der Waals surface area (Å²) in [6, 6.07) is 20.6. The zero-order valence-corrected chi connectivity index (χ0v) is 17.0. The first-order chi connectivity index (χ1) is 14.5. The largest absolute Gasteiger partial charge is 0.508 e. The van der Waals surface area contributed by atoms with Crippen LogP contribution < -0.4 is 5.43 Å². The van der Waals surface area contributed by atoms with Crippen LogP contribution in [0.1, 0.15) is 15.9 Å². The Morgan fingerprint density at radius 2 is 1.77 bits per heavy atom. The van der Waals surface area contributed by atoms with E-state index in [1.807, 2.05) is 24.3 Å². The maximum Gasteiger partial charge on any atom is 0.272 e. The Morgan fingerprint density at radius 3 is 2.53 bits per heavy atom. The van der Waals surface area contributed by atoms with E-state index in [0.717, 1.165) is 5.56 Å². The molecule has 1 aromatic heterocycles. The number of halogens is 2. The van der Waals surface area contributed by atoms with Crippen molar-refractivity contribution in [2.75, 3.05) is 0 Å². The molecule has 5 nitrogen and oxygen atoms in total. The van der Waals surface area contributed by atoms with E-state index in [2.05, 4.69) is 15.5 Å². The number of phenols is 1. The third-order valence-corrected chi connectivity index (χ3v) is 4.99. The highest BCUT2D eigenvalue weighted by atomic mass is 35.5. The number of fused-ring (bicyclic) bond motifs is 1. The lowest BCUT2D eigenvalue weighted by Gasteiger charge is -2.10. The summed E-state index contributed by atoms with van der Waals surface area (Å²) in [7, 11) is 0. The standard InChI is InChI=1S/C23H15Cl2N3O2/c24-15-7-10-18(20(25)11-15)22-12-19(17-3-1-2-4-21(17)27-22)23(30)28-26-13-14-5-8-16(29)9-6-14/h1-13,29H,(H,28,30). The summed E-state index contributed by atoms with van der Waals surface area (Å²) in [6.45, 7) is 0. The second-order valence-corrected chi connectivity index (χ2v) is 7.33. The van der Waals surface area contributed by atoms with Gasteiger partial charge in [-0.3, -0.25) is 4.79 Å². The van der Waals surface area contributed by atoms with Crippen molar-refractivity contribution in [2.45, 2.75) is 0 Å². The zero-order chi connectivity index (χ0) is 21.1. The van der Waals surface area contributed by atoms with Gasteiger partial charge in [0, 0.05) is 16.0 Å². The number of nitrogens with zero attached hydrogens (tertiary/aromatic N) is 2. The third kappa shape index (κ3) is 4.27. The number of benzene rings is 3. The van der Waals surface area contributed by atoms with Crippen LogP contribution in [0.2, 0.25) is 10.0 Å². The molecule has 30 heavy (non-hydrogen) atoms.